The van der Waals surface area contributed by atoms with E-state index in [-0.39, 0.29) is 0 Å². The van der Waals surface area contributed by atoms with Crippen LogP contribution >= 0.6 is 11.8 Å². The molecule has 1 rings (SSSR count). The highest BCUT2D eigenvalue weighted by Crippen LogP contribution is 2.22. The van der Waals surface area contributed by atoms with Gasteiger partial charge in [-0.2, -0.15) is 0 Å². The van der Waals surface area contributed by atoms with E-state index in [0.717, 1.165) is 5.75 Å². The number of aryl methyl sites for hydroxylation is 1. The lowest BCUT2D eigenvalue weighted by molar-refractivity contribution is 0.918. The zero-order valence-corrected chi connectivity index (χ0v) is 10.7. The van der Waals surface area contributed by atoms with Gasteiger partial charge in [-0.1, -0.05) is 44.5 Å². The maximum Gasteiger partial charge on any atom is -0.00543 e. The molecule has 1 aromatic rings. The number of rotatable bonds is 5. The zero-order chi connectivity index (χ0) is 11.1. The van der Waals surface area contributed by atoms with Gasteiger partial charge in [0.1, 0.15) is 0 Å². The highest BCUT2D eigenvalue weighted by atomic mass is 32.2. The van der Waals surface area contributed by atoms with Gasteiger partial charge in [-0.3, -0.25) is 0 Å². The van der Waals surface area contributed by atoms with E-state index in [1.54, 1.807) is 0 Å². The molecular weight excluding hydrogens is 200 g/mol. The largest absolute Gasteiger partial charge is 0.134 e. The van der Waals surface area contributed by atoms with E-state index < -0.39 is 0 Å². The summed E-state index contributed by atoms with van der Waals surface area (Å²) in [6, 6.07) is 8.73. The maximum absolute atomic E-state index is 2.27. The smallest absolute Gasteiger partial charge is 0.00543 e. The third kappa shape index (κ3) is 3.75. The molecule has 0 radical (unpaired) electrons. The molecule has 0 nitrogen and oxygen atoms in total. The Labute approximate surface area is 97.8 Å². The summed E-state index contributed by atoms with van der Waals surface area (Å²) in [5.74, 6) is 1.15. The summed E-state index contributed by atoms with van der Waals surface area (Å²) in [7, 11) is 0. The van der Waals surface area contributed by atoms with Gasteiger partial charge in [-0.05, 0) is 41.2 Å². The Hall–Kier alpha value is -0.690. The Morgan fingerprint density at radius 2 is 2.00 bits per heavy atom. The second kappa shape index (κ2) is 6.73. The van der Waals surface area contributed by atoms with Gasteiger partial charge in [0.15, 0.2) is 0 Å². The van der Waals surface area contributed by atoms with Crippen LogP contribution in [-0.4, -0.2) is 5.75 Å². The molecule has 0 aliphatic rings. The first-order chi connectivity index (χ1) is 7.29. The normalized spacial score (nSPS) is 11.8. The first-order valence-electron chi connectivity index (χ1n) is 5.66. The molecule has 0 aliphatic carbocycles. The molecule has 0 aromatic heterocycles. The van der Waals surface area contributed by atoms with Crippen LogP contribution < -0.4 is 0 Å². The van der Waals surface area contributed by atoms with Crippen LogP contribution in [0.25, 0.3) is 5.57 Å². The van der Waals surface area contributed by atoms with E-state index in [1.807, 2.05) is 11.8 Å². The SMILES string of the molecule is CCCc1ccccc1/C(C)=C/SCC. The summed E-state index contributed by atoms with van der Waals surface area (Å²) in [6.45, 7) is 6.63. The van der Waals surface area contributed by atoms with Crippen LogP contribution in [0, 0.1) is 0 Å². The standard InChI is InChI=1S/C14H20S/c1-4-8-13-9-6-7-10-14(13)12(3)11-15-5-2/h6-7,9-11H,4-5,8H2,1-3H3/b12-11+. The lowest BCUT2D eigenvalue weighted by Gasteiger charge is -2.08. The van der Waals surface area contributed by atoms with Crippen molar-refractivity contribution < 1.29 is 0 Å². The van der Waals surface area contributed by atoms with Gasteiger partial charge in [0.25, 0.3) is 0 Å². The van der Waals surface area contributed by atoms with Crippen LogP contribution in [0.2, 0.25) is 0 Å². The molecular formula is C14H20S. The van der Waals surface area contributed by atoms with Crippen molar-refractivity contribution in [2.24, 2.45) is 0 Å². The van der Waals surface area contributed by atoms with Gasteiger partial charge >= 0.3 is 0 Å². The Morgan fingerprint density at radius 1 is 1.27 bits per heavy atom. The number of hydrogen-bond donors (Lipinski definition) is 0. The summed E-state index contributed by atoms with van der Waals surface area (Å²) < 4.78 is 0. The van der Waals surface area contributed by atoms with Crippen LogP contribution in [-0.2, 0) is 6.42 Å². The summed E-state index contributed by atoms with van der Waals surface area (Å²) in [4.78, 5) is 0. The predicted octanol–water partition coefficient (Wildman–Crippen LogP) is 4.75. The summed E-state index contributed by atoms with van der Waals surface area (Å²) in [5.41, 5.74) is 4.29. The van der Waals surface area contributed by atoms with Gasteiger partial charge in [-0.15, -0.1) is 11.8 Å². The van der Waals surface area contributed by atoms with E-state index in [9.17, 15) is 0 Å². The van der Waals surface area contributed by atoms with Crippen molar-refractivity contribution in [2.45, 2.75) is 33.6 Å². The highest BCUT2D eigenvalue weighted by Gasteiger charge is 2.01. The second-order valence-electron chi connectivity index (χ2n) is 3.66. The minimum atomic E-state index is 1.15. The molecule has 0 saturated heterocycles. The molecule has 1 aromatic carbocycles. The van der Waals surface area contributed by atoms with E-state index in [4.69, 9.17) is 0 Å². The van der Waals surface area contributed by atoms with Crippen molar-refractivity contribution >= 4 is 17.3 Å². The molecule has 0 amide bonds. The van der Waals surface area contributed by atoms with E-state index in [2.05, 4.69) is 50.4 Å². The Balaban J connectivity index is 2.91. The minimum absolute atomic E-state index is 1.15. The summed E-state index contributed by atoms with van der Waals surface area (Å²) in [6.07, 6.45) is 2.39. The lowest BCUT2D eigenvalue weighted by Crippen LogP contribution is -1.90. The second-order valence-corrected chi connectivity index (χ2v) is 4.81. The first kappa shape index (κ1) is 12.4. The molecule has 82 valence electrons. The Morgan fingerprint density at radius 3 is 2.67 bits per heavy atom. The predicted molar refractivity (Wildman–Crippen MR) is 72.2 cm³/mol. The fraction of sp³-hybridized carbons (Fsp3) is 0.429. The van der Waals surface area contributed by atoms with Crippen LogP contribution in [0.1, 0.15) is 38.3 Å². The van der Waals surface area contributed by atoms with Crippen molar-refractivity contribution in [3.8, 4) is 0 Å². The van der Waals surface area contributed by atoms with E-state index in [1.165, 1.54) is 29.5 Å². The number of benzene rings is 1. The third-order valence-corrected chi connectivity index (χ3v) is 3.24. The highest BCUT2D eigenvalue weighted by molar-refractivity contribution is 8.02. The molecule has 0 heterocycles. The van der Waals surface area contributed by atoms with Crippen LogP contribution in [0.4, 0.5) is 0 Å². The molecule has 15 heavy (non-hydrogen) atoms. The van der Waals surface area contributed by atoms with Gasteiger partial charge < -0.3 is 0 Å². The van der Waals surface area contributed by atoms with Crippen molar-refractivity contribution in [3.05, 3.63) is 40.8 Å². The van der Waals surface area contributed by atoms with Crippen molar-refractivity contribution in [1.82, 2.24) is 0 Å². The van der Waals surface area contributed by atoms with Gasteiger partial charge in [-0.25, -0.2) is 0 Å². The topological polar surface area (TPSA) is 0 Å². The fourth-order valence-corrected chi connectivity index (χ4v) is 2.21. The number of allylic oxidation sites excluding steroid dienone is 1. The molecule has 0 bridgehead atoms. The van der Waals surface area contributed by atoms with Crippen LogP contribution in [0.3, 0.4) is 0 Å². The third-order valence-electron chi connectivity index (χ3n) is 2.39. The number of thioether (sulfide) groups is 1. The minimum Gasteiger partial charge on any atom is -0.134 e. The number of hydrogen-bond acceptors (Lipinski definition) is 1. The van der Waals surface area contributed by atoms with Gasteiger partial charge in [0.2, 0.25) is 0 Å². The van der Waals surface area contributed by atoms with Crippen molar-refractivity contribution in [2.75, 3.05) is 5.75 Å². The first-order valence-corrected chi connectivity index (χ1v) is 6.71. The molecule has 0 spiro atoms. The molecule has 0 N–H and O–H groups in total. The van der Waals surface area contributed by atoms with Gasteiger partial charge in [0.05, 0.1) is 0 Å². The molecule has 0 aliphatic heterocycles. The van der Waals surface area contributed by atoms with E-state index in [0.29, 0.717) is 0 Å². The summed E-state index contributed by atoms with van der Waals surface area (Å²) in [5, 5.41) is 2.27. The Bertz CT molecular complexity index is 326. The lowest BCUT2D eigenvalue weighted by atomic mass is 9.99. The zero-order valence-electron chi connectivity index (χ0n) is 9.92. The molecule has 0 atom stereocenters. The van der Waals surface area contributed by atoms with Gasteiger partial charge in [0, 0.05) is 0 Å². The molecule has 0 saturated carbocycles. The monoisotopic (exact) mass is 220 g/mol. The van der Waals surface area contributed by atoms with Crippen molar-refractivity contribution in [1.29, 1.82) is 0 Å². The van der Waals surface area contributed by atoms with Crippen LogP contribution in [0.15, 0.2) is 29.7 Å². The van der Waals surface area contributed by atoms with Crippen LogP contribution in [0.5, 0.6) is 0 Å². The fourth-order valence-electron chi connectivity index (χ4n) is 1.66. The summed E-state index contributed by atoms with van der Waals surface area (Å²) >= 11 is 1.88. The van der Waals surface area contributed by atoms with Crippen molar-refractivity contribution in [3.63, 3.8) is 0 Å². The quantitative estimate of drug-likeness (QED) is 0.690. The average molecular weight is 220 g/mol. The molecule has 0 unspecified atom stereocenters. The average Bonchev–Trinajstić information content (AvgIpc) is 2.27. The van der Waals surface area contributed by atoms with E-state index >= 15 is 0 Å². The molecule has 1 heteroatoms. The Kier molecular flexibility index (Phi) is 5.56. The maximum atomic E-state index is 2.27. The molecule has 0 fully saturated rings.